The topological polar surface area (TPSA) is 71.0 Å². The Morgan fingerprint density at radius 1 is 1.44 bits per heavy atom. The van der Waals surface area contributed by atoms with E-state index in [0.29, 0.717) is 24.9 Å². The minimum Gasteiger partial charge on any atom is -0.478 e. The molecule has 0 amide bonds. The number of hydrogen-bond acceptors (Lipinski definition) is 5. The molecule has 0 spiro atoms. The third kappa shape index (κ3) is 8.61. The average Bonchev–Trinajstić information content (AvgIpc) is 2.63. The Hall–Kier alpha value is -1.13. The van der Waals surface area contributed by atoms with Gasteiger partial charge in [-0.05, 0) is 18.9 Å². The van der Waals surface area contributed by atoms with Crippen LogP contribution in [0.5, 0.6) is 5.88 Å². The van der Waals surface area contributed by atoms with E-state index in [1.165, 1.54) is 0 Å². The summed E-state index contributed by atoms with van der Waals surface area (Å²) in [5, 5.41) is 6.68. The summed E-state index contributed by atoms with van der Waals surface area (Å²) in [5.41, 5.74) is 1.01. The van der Waals surface area contributed by atoms with Crippen LogP contribution in [0.15, 0.2) is 23.3 Å². The molecular formula is C19H34IN5O2. The van der Waals surface area contributed by atoms with Crippen molar-refractivity contribution in [2.45, 2.75) is 33.4 Å². The second-order valence-electron chi connectivity index (χ2n) is 6.85. The summed E-state index contributed by atoms with van der Waals surface area (Å²) in [6.07, 6.45) is 1.92. The van der Waals surface area contributed by atoms with Gasteiger partial charge in [0.15, 0.2) is 5.96 Å². The number of halogens is 1. The highest BCUT2D eigenvalue weighted by molar-refractivity contribution is 14.0. The van der Waals surface area contributed by atoms with E-state index in [1.54, 1.807) is 13.2 Å². The largest absolute Gasteiger partial charge is 0.478 e. The molecule has 27 heavy (non-hydrogen) atoms. The van der Waals surface area contributed by atoms with Gasteiger partial charge in [-0.3, -0.25) is 9.89 Å². The number of ether oxygens (including phenoxy) is 2. The minimum absolute atomic E-state index is 0. The van der Waals surface area contributed by atoms with Gasteiger partial charge in [-0.15, -0.1) is 24.0 Å². The second-order valence-corrected chi connectivity index (χ2v) is 6.85. The first-order valence-electron chi connectivity index (χ1n) is 9.47. The number of morpholine rings is 1. The van der Waals surface area contributed by atoms with Gasteiger partial charge in [0, 0.05) is 51.5 Å². The summed E-state index contributed by atoms with van der Waals surface area (Å²) in [5.74, 6) is 2.09. The first-order valence-corrected chi connectivity index (χ1v) is 9.47. The van der Waals surface area contributed by atoms with Crippen molar-refractivity contribution in [2.24, 2.45) is 10.9 Å². The maximum atomic E-state index is 5.88. The van der Waals surface area contributed by atoms with Gasteiger partial charge >= 0.3 is 0 Å². The Balaban J connectivity index is 0.00000364. The quantitative estimate of drug-likeness (QED) is 0.330. The predicted octanol–water partition coefficient (Wildman–Crippen LogP) is 2.12. The van der Waals surface area contributed by atoms with Crippen molar-refractivity contribution in [3.8, 4) is 5.88 Å². The van der Waals surface area contributed by atoms with Crippen LogP contribution in [-0.4, -0.2) is 68.4 Å². The van der Waals surface area contributed by atoms with Gasteiger partial charge in [0.05, 0.1) is 19.3 Å². The maximum absolute atomic E-state index is 5.88. The van der Waals surface area contributed by atoms with Gasteiger partial charge < -0.3 is 20.1 Å². The van der Waals surface area contributed by atoms with Gasteiger partial charge in [0.25, 0.3) is 0 Å². The molecule has 0 aliphatic carbocycles. The molecule has 1 aliphatic heterocycles. The first-order chi connectivity index (χ1) is 12.6. The van der Waals surface area contributed by atoms with Crippen LogP contribution in [0.1, 0.15) is 26.3 Å². The number of nitrogens with zero attached hydrogens (tertiary/aromatic N) is 3. The zero-order valence-corrected chi connectivity index (χ0v) is 19.2. The maximum Gasteiger partial charge on any atom is 0.218 e. The van der Waals surface area contributed by atoms with Crippen LogP contribution in [0.4, 0.5) is 0 Å². The molecule has 1 saturated heterocycles. The van der Waals surface area contributed by atoms with E-state index < -0.39 is 0 Å². The third-order valence-electron chi connectivity index (χ3n) is 4.14. The molecule has 154 valence electrons. The number of pyridine rings is 1. The third-order valence-corrected chi connectivity index (χ3v) is 4.14. The summed E-state index contributed by atoms with van der Waals surface area (Å²) < 4.78 is 11.4. The van der Waals surface area contributed by atoms with Gasteiger partial charge in [-0.25, -0.2) is 4.98 Å². The Morgan fingerprint density at radius 2 is 2.26 bits per heavy atom. The molecule has 7 nitrogen and oxygen atoms in total. The molecular weight excluding hydrogens is 457 g/mol. The second kappa shape index (κ2) is 13.1. The first kappa shape index (κ1) is 23.9. The number of guanidine groups is 1. The van der Waals surface area contributed by atoms with Crippen molar-refractivity contribution in [3.63, 3.8) is 0 Å². The van der Waals surface area contributed by atoms with Crippen molar-refractivity contribution in [2.75, 3.05) is 46.4 Å². The van der Waals surface area contributed by atoms with E-state index in [1.807, 2.05) is 19.1 Å². The highest BCUT2D eigenvalue weighted by Crippen LogP contribution is 2.13. The Bertz CT molecular complexity index is 571. The van der Waals surface area contributed by atoms with Crippen LogP contribution in [0.25, 0.3) is 0 Å². The molecule has 2 N–H and O–H groups in total. The Labute approximate surface area is 180 Å². The molecule has 0 bridgehead atoms. The molecule has 1 fully saturated rings. The fraction of sp³-hybridized carbons (Fsp3) is 0.684. The summed E-state index contributed by atoms with van der Waals surface area (Å²) >= 11 is 0. The van der Waals surface area contributed by atoms with Crippen LogP contribution in [0, 0.1) is 5.92 Å². The monoisotopic (exact) mass is 491 g/mol. The lowest BCUT2D eigenvalue weighted by Crippen LogP contribution is -2.50. The summed E-state index contributed by atoms with van der Waals surface area (Å²) in [7, 11) is 1.77. The average molecular weight is 491 g/mol. The van der Waals surface area contributed by atoms with Gasteiger partial charge in [0.1, 0.15) is 0 Å². The smallest absolute Gasteiger partial charge is 0.218 e. The van der Waals surface area contributed by atoms with Crippen molar-refractivity contribution >= 4 is 29.9 Å². The van der Waals surface area contributed by atoms with E-state index in [4.69, 9.17) is 9.47 Å². The molecule has 1 unspecified atom stereocenters. The molecule has 0 saturated carbocycles. The number of aromatic nitrogens is 1. The molecule has 2 heterocycles. The van der Waals surface area contributed by atoms with Gasteiger partial charge in [0.2, 0.25) is 5.88 Å². The summed E-state index contributed by atoms with van der Waals surface area (Å²) in [6, 6.07) is 3.92. The molecule has 1 aromatic rings. The van der Waals surface area contributed by atoms with Crippen LogP contribution in [0.3, 0.4) is 0 Å². The standard InChI is InChI=1S/C19H33N5O2.HI/c1-5-25-18-16(7-6-8-21-18)11-22-19(20-4)23-12-17-14-24(9-10-26-17)13-15(2)3;/h6-8,15,17H,5,9-14H2,1-4H3,(H2,20,22,23);1H. The number of aliphatic imine (C=N–C) groups is 1. The Kier molecular flexibility index (Phi) is 11.6. The molecule has 1 aliphatic rings. The van der Waals surface area contributed by atoms with Gasteiger partial charge in [-0.2, -0.15) is 0 Å². The molecule has 1 atom stereocenters. The molecule has 0 radical (unpaired) electrons. The van der Waals surface area contributed by atoms with Crippen LogP contribution in [0.2, 0.25) is 0 Å². The van der Waals surface area contributed by atoms with Gasteiger partial charge in [-0.1, -0.05) is 19.9 Å². The van der Waals surface area contributed by atoms with E-state index in [-0.39, 0.29) is 30.1 Å². The lowest BCUT2D eigenvalue weighted by atomic mass is 10.2. The van der Waals surface area contributed by atoms with Crippen molar-refractivity contribution < 1.29 is 9.47 Å². The fourth-order valence-electron chi connectivity index (χ4n) is 3.02. The van der Waals surface area contributed by atoms with Crippen LogP contribution in [-0.2, 0) is 11.3 Å². The predicted molar refractivity (Wildman–Crippen MR) is 120 cm³/mol. The zero-order chi connectivity index (χ0) is 18.8. The van der Waals surface area contributed by atoms with E-state index >= 15 is 0 Å². The number of rotatable bonds is 8. The van der Waals surface area contributed by atoms with Crippen LogP contribution < -0.4 is 15.4 Å². The lowest BCUT2D eigenvalue weighted by Gasteiger charge is -2.34. The normalized spacial score (nSPS) is 18.1. The Morgan fingerprint density at radius 3 is 2.96 bits per heavy atom. The fourth-order valence-corrected chi connectivity index (χ4v) is 3.02. The summed E-state index contributed by atoms with van der Waals surface area (Å²) in [6.45, 7) is 12.3. The molecule has 8 heteroatoms. The highest BCUT2D eigenvalue weighted by atomic mass is 127. The number of nitrogens with one attached hydrogen (secondary N) is 2. The van der Waals surface area contributed by atoms with E-state index in [0.717, 1.165) is 44.3 Å². The van der Waals surface area contributed by atoms with Crippen molar-refractivity contribution in [1.29, 1.82) is 0 Å². The SMILES string of the molecule is CCOc1ncccc1CNC(=NC)NCC1CN(CC(C)C)CCO1.I. The zero-order valence-electron chi connectivity index (χ0n) is 16.9. The van der Waals surface area contributed by atoms with Crippen molar-refractivity contribution in [3.05, 3.63) is 23.9 Å². The number of hydrogen-bond donors (Lipinski definition) is 2. The van der Waals surface area contributed by atoms with Crippen LogP contribution >= 0.6 is 24.0 Å². The molecule has 1 aromatic heterocycles. The highest BCUT2D eigenvalue weighted by Gasteiger charge is 2.21. The summed E-state index contributed by atoms with van der Waals surface area (Å²) in [4.78, 5) is 11.0. The minimum atomic E-state index is 0. The van der Waals surface area contributed by atoms with E-state index in [9.17, 15) is 0 Å². The molecule has 2 rings (SSSR count). The lowest BCUT2D eigenvalue weighted by molar-refractivity contribution is -0.0284. The molecule has 0 aromatic carbocycles. The van der Waals surface area contributed by atoms with E-state index in [2.05, 4.69) is 39.4 Å². The van der Waals surface area contributed by atoms with Crippen molar-refractivity contribution in [1.82, 2.24) is 20.5 Å².